The fourth-order valence-corrected chi connectivity index (χ4v) is 4.39. The van der Waals surface area contributed by atoms with Gasteiger partial charge in [-0.3, -0.25) is 9.59 Å². The molecule has 0 radical (unpaired) electrons. The molecule has 1 aliphatic heterocycles. The quantitative estimate of drug-likeness (QED) is 0.511. The summed E-state index contributed by atoms with van der Waals surface area (Å²) < 4.78 is 11.7. The van der Waals surface area contributed by atoms with E-state index in [4.69, 9.17) is 9.15 Å². The number of furan rings is 1. The van der Waals surface area contributed by atoms with Crippen molar-refractivity contribution in [2.75, 3.05) is 6.54 Å². The van der Waals surface area contributed by atoms with E-state index in [1.54, 1.807) is 12.1 Å². The number of benzene rings is 2. The van der Waals surface area contributed by atoms with E-state index >= 15 is 0 Å². The minimum absolute atomic E-state index is 0.0325. The Balaban J connectivity index is 1.58. The fraction of sp³-hybridized carbons (Fsp3) is 0.379. The smallest absolute Gasteiger partial charge is 0.287 e. The molecule has 1 atom stereocenters. The van der Waals surface area contributed by atoms with Crippen molar-refractivity contribution in [3.8, 4) is 5.75 Å². The molecule has 35 heavy (non-hydrogen) atoms. The number of carbonyl (C=O) groups excluding carboxylic acids is 2. The summed E-state index contributed by atoms with van der Waals surface area (Å²) in [7, 11) is 0. The second-order valence-electron chi connectivity index (χ2n) is 10.4. The van der Waals surface area contributed by atoms with Crippen LogP contribution < -0.4 is 10.1 Å². The van der Waals surface area contributed by atoms with E-state index in [2.05, 4.69) is 23.5 Å². The van der Waals surface area contributed by atoms with Gasteiger partial charge in [-0.05, 0) is 61.2 Å². The van der Waals surface area contributed by atoms with E-state index in [1.807, 2.05) is 69.9 Å². The number of hydrogen-bond acceptors (Lipinski definition) is 4. The Bertz CT molecular complexity index is 1190. The zero-order chi connectivity index (χ0) is 25.2. The molecule has 4 rings (SSSR count). The highest BCUT2D eigenvalue weighted by Gasteiger charge is 2.37. The summed E-state index contributed by atoms with van der Waals surface area (Å²) in [4.78, 5) is 27.5. The summed E-state index contributed by atoms with van der Waals surface area (Å²) in [6.07, 6.45) is 0.799. The second kappa shape index (κ2) is 9.98. The Hall–Kier alpha value is -3.54. The van der Waals surface area contributed by atoms with Gasteiger partial charge in [0.05, 0.1) is 6.04 Å². The van der Waals surface area contributed by atoms with Crippen LogP contribution in [-0.2, 0) is 17.8 Å². The van der Waals surface area contributed by atoms with Gasteiger partial charge in [0.15, 0.2) is 5.76 Å². The number of ether oxygens (including phenoxy) is 1. The molecule has 2 aromatic carbocycles. The number of nitrogens with zero attached hydrogens (tertiary/aromatic N) is 1. The van der Waals surface area contributed by atoms with Gasteiger partial charge in [-0.25, -0.2) is 0 Å². The first-order valence-electron chi connectivity index (χ1n) is 12.1. The minimum atomic E-state index is -0.475. The van der Waals surface area contributed by atoms with Gasteiger partial charge in [-0.15, -0.1) is 0 Å². The molecule has 6 heteroatoms. The topological polar surface area (TPSA) is 71.8 Å². The van der Waals surface area contributed by atoms with Crippen molar-refractivity contribution >= 4 is 11.8 Å². The lowest BCUT2D eigenvalue weighted by Crippen LogP contribution is -2.45. The molecule has 1 aliphatic rings. The summed E-state index contributed by atoms with van der Waals surface area (Å²) in [6.45, 7) is 10.6. The van der Waals surface area contributed by atoms with Gasteiger partial charge < -0.3 is 19.4 Å². The fourth-order valence-electron chi connectivity index (χ4n) is 4.39. The van der Waals surface area contributed by atoms with Gasteiger partial charge in [-0.2, -0.15) is 0 Å². The van der Waals surface area contributed by atoms with E-state index in [0.717, 1.165) is 17.5 Å². The third kappa shape index (κ3) is 5.59. The maximum atomic E-state index is 13.4. The lowest BCUT2D eigenvalue weighted by atomic mass is 9.85. The summed E-state index contributed by atoms with van der Waals surface area (Å²) in [5.41, 5.74) is 2.90. The van der Waals surface area contributed by atoms with Crippen molar-refractivity contribution < 1.29 is 18.7 Å². The molecular weight excluding hydrogens is 440 g/mol. The van der Waals surface area contributed by atoms with Crippen LogP contribution in [0.4, 0.5) is 0 Å². The number of carbonyl (C=O) groups is 2. The van der Waals surface area contributed by atoms with Crippen LogP contribution in [0.1, 0.15) is 73.7 Å². The van der Waals surface area contributed by atoms with Crippen molar-refractivity contribution in [1.29, 1.82) is 0 Å². The highest BCUT2D eigenvalue weighted by atomic mass is 16.5. The number of rotatable bonds is 6. The Morgan fingerprint density at radius 2 is 1.83 bits per heavy atom. The molecule has 0 unspecified atom stereocenters. The van der Waals surface area contributed by atoms with Crippen molar-refractivity contribution in [3.05, 3.63) is 88.9 Å². The molecule has 0 aliphatic carbocycles. The van der Waals surface area contributed by atoms with Crippen molar-refractivity contribution in [3.63, 3.8) is 0 Å². The van der Waals surface area contributed by atoms with Crippen LogP contribution in [-0.4, -0.2) is 29.3 Å². The minimum Gasteiger partial charge on any atom is -0.486 e. The molecule has 0 bridgehead atoms. The van der Waals surface area contributed by atoms with Crippen molar-refractivity contribution in [2.24, 2.45) is 5.41 Å². The molecular formula is C29H34N2O4. The molecule has 0 fully saturated rings. The maximum Gasteiger partial charge on any atom is 0.287 e. The first-order valence-corrected chi connectivity index (χ1v) is 12.1. The zero-order valence-corrected chi connectivity index (χ0v) is 21.1. The van der Waals surface area contributed by atoms with Crippen LogP contribution in [0.2, 0.25) is 0 Å². The van der Waals surface area contributed by atoms with Gasteiger partial charge in [0.2, 0.25) is 5.91 Å². The highest BCUT2D eigenvalue weighted by molar-refractivity contribution is 5.91. The van der Waals surface area contributed by atoms with Crippen molar-refractivity contribution in [2.45, 2.75) is 59.7 Å². The van der Waals surface area contributed by atoms with Crippen LogP contribution in [0.25, 0.3) is 0 Å². The van der Waals surface area contributed by atoms with E-state index in [-0.39, 0.29) is 36.3 Å². The molecule has 3 aromatic rings. The first kappa shape index (κ1) is 24.6. The van der Waals surface area contributed by atoms with E-state index < -0.39 is 5.41 Å². The predicted molar refractivity (Wildman–Crippen MR) is 135 cm³/mol. The Morgan fingerprint density at radius 3 is 2.51 bits per heavy atom. The van der Waals surface area contributed by atoms with Gasteiger partial charge in [0.1, 0.15) is 18.1 Å². The van der Waals surface area contributed by atoms with Gasteiger partial charge in [0.25, 0.3) is 5.91 Å². The summed E-state index contributed by atoms with van der Waals surface area (Å²) in [6, 6.07) is 19.5. The van der Waals surface area contributed by atoms with Crippen LogP contribution >= 0.6 is 0 Å². The average Bonchev–Trinajstić information content (AvgIpc) is 3.30. The Morgan fingerprint density at radius 1 is 1.09 bits per heavy atom. The first-order chi connectivity index (χ1) is 16.6. The number of amides is 2. The third-order valence-corrected chi connectivity index (χ3v) is 6.05. The molecule has 1 aromatic heterocycles. The van der Waals surface area contributed by atoms with E-state index in [9.17, 15) is 9.59 Å². The highest BCUT2D eigenvalue weighted by Crippen LogP contribution is 2.39. The van der Waals surface area contributed by atoms with Gasteiger partial charge in [-0.1, -0.05) is 57.2 Å². The molecule has 184 valence electrons. The zero-order valence-electron chi connectivity index (χ0n) is 21.1. The summed E-state index contributed by atoms with van der Waals surface area (Å²) in [5, 5.41) is 2.82. The molecule has 1 N–H and O–H groups in total. The SMILES string of the molecule is CC(C)NC(=O)c1ccc(COc2ccc3c(c2)[C@H](c2ccccc2)N(C(=O)C(C)(C)C)CC3)o1. The Labute approximate surface area is 207 Å². The average molecular weight is 475 g/mol. The van der Waals surface area contributed by atoms with Gasteiger partial charge >= 0.3 is 0 Å². The van der Waals surface area contributed by atoms with E-state index in [1.165, 1.54) is 5.56 Å². The van der Waals surface area contributed by atoms with E-state index in [0.29, 0.717) is 18.1 Å². The monoisotopic (exact) mass is 474 g/mol. The second-order valence-corrected chi connectivity index (χ2v) is 10.4. The van der Waals surface area contributed by atoms with Crippen LogP contribution in [0.5, 0.6) is 5.75 Å². The molecule has 0 saturated carbocycles. The number of fused-ring (bicyclic) bond motifs is 1. The number of hydrogen-bond donors (Lipinski definition) is 1. The molecule has 2 amide bonds. The molecule has 6 nitrogen and oxygen atoms in total. The lowest BCUT2D eigenvalue weighted by molar-refractivity contribution is -0.141. The van der Waals surface area contributed by atoms with Crippen molar-refractivity contribution in [1.82, 2.24) is 10.2 Å². The summed E-state index contributed by atoms with van der Waals surface area (Å²) >= 11 is 0. The molecule has 0 spiro atoms. The van der Waals surface area contributed by atoms with Crippen LogP contribution in [0, 0.1) is 5.41 Å². The lowest BCUT2D eigenvalue weighted by Gasteiger charge is -2.41. The number of nitrogens with one attached hydrogen (secondary N) is 1. The van der Waals surface area contributed by atoms with Crippen LogP contribution in [0.15, 0.2) is 65.1 Å². The normalized spacial score (nSPS) is 15.6. The molecule has 0 saturated heterocycles. The maximum absolute atomic E-state index is 13.4. The standard InChI is InChI=1S/C29H34N2O4/c1-19(2)30-27(32)25-14-13-23(35-25)18-34-22-12-11-20-15-16-31(28(33)29(3,4)5)26(24(20)17-22)21-9-7-6-8-10-21/h6-14,17,19,26H,15-16,18H2,1-5H3,(H,30,32)/t26-/m0/s1. The van der Waals surface area contributed by atoms with Crippen LogP contribution in [0.3, 0.4) is 0 Å². The van der Waals surface area contributed by atoms with Gasteiger partial charge in [0, 0.05) is 18.0 Å². The predicted octanol–water partition coefficient (Wildman–Crippen LogP) is 5.52. The largest absolute Gasteiger partial charge is 0.486 e. The Kier molecular flexibility index (Phi) is 7.01. The summed E-state index contributed by atoms with van der Waals surface area (Å²) in [5.74, 6) is 1.42. The molecule has 2 heterocycles. The third-order valence-electron chi connectivity index (χ3n) is 6.05.